The second-order valence-electron chi connectivity index (χ2n) is 3.54. The summed E-state index contributed by atoms with van der Waals surface area (Å²) in [5, 5.41) is 1.54. The smallest absolute Gasteiger partial charge is 0.241 e. The maximum atomic E-state index is 11.6. The van der Waals surface area contributed by atoms with Crippen LogP contribution in [0.4, 0.5) is 0 Å². The maximum absolute atomic E-state index is 11.6. The Balaban J connectivity index is 2.37. The highest BCUT2D eigenvalue weighted by Gasteiger charge is 2.09. The van der Waals surface area contributed by atoms with Crippen LogP contribution in [0.15, 0.2) is 24.5 Å². The molecule has 0 radical (unpaired) electrons. The molecule has 0 atom stereocenters. The second-order valence-corrected chi connectivity index (χ2v) is 3.54. The SMILES string of the molecule is CC(=O)CCCC(=O)N(C)n1cccc1. The van der Waals surface area contributed by atoms with Crippen LogP contribution in [0.2, 0.25) is 0 Å². The summed E-state index contributed by atoms with van der Waals surface area (Å²) in [6.45, 7) is 1.54. The average Bonchev–Trinajstić information content (AvgIpc) is 2.68. The van der Waals surface area contributed by atoms with Gasteiger partial charge >= 0.3 is 0 Å². The fraction of sp³-hybridized carbons (Fsp3) is 0.455. The van der Waals surface area contributed by atoms with Gasteiger partial charge in [0.25, 0.3) is 0 Å². The highest BCUT2D eigenvalue weighted by Crippen LogP contribution is 2.00. The van der Waals surface area contributed by atoms with Crippen molar-refractivity contribution >= 4 is 11.7 Å². The molecular weight excluding hydrogens is 192 g/mol. The fourth-order valence-electron chi connectivity index (χ4n) is 1.30. The summed E-state index contributed by atoms with van der Waals surface area (Å²) in [7, 11) is 1.72. The zero-order valence-electron chi connectivity index (χ0n) is 9.14. The number of hydrogen-bond acceptors (Lipinski definition) is 2. The van der Waals surface area contributed by atoms with E-state index in [2.05, 4.69) is 0 Å². The summed E-state index contributed by atoms with van der Waals surface area (Å²) < 4.78 is 1.72. The Morgan fingerprint density at radius 2 is 1.80 bits per heavy atom. The molecule has 1 aromatic heterocycles. The Hall–Kier alpha value is -1.58. The molecule has 0 aliphatic carbocycles. The monoisotopic (exact) mass is 208 g/mol. The van der Waals surface area contributed by atoms with Gasteiger partial charge < -0.3 is 4.79 Å². The first-order valence-electron chi connectivity index (χ1n) is 5.00. The quantitative estimate of drug-likeness (QED) is 0.732. The van der Waals surface area contributed by atoms with E-state index in [4.69, 9.17) is 0 Å². The third kappa shape index (κ3) is 3.58. The lowest BCUT2D eigenvalue weighted by molar-refractivity contribution is -0.120. The minimum atomic E-state index is 0.0208. The second kappa shape index (κ2) is 5.34. The molecule has 0 bridgehead atoms. The number of Topliss-reactive ketones (excluding diaryl/α,β-unsaturated/α-hetero) is 1. The topological polar surface area (TPSA) is 42.3 Å². The normalized spacial score (nSPS) is 10.0. The summed E-state index contributed by atoms with van der Waals surface area (Å²) in [6, 6.07) is 3.72. The average molecular weight is 208 g/mol. The first-order valence-corrected chi connectivity index (χ1v) is 5.00. The van der Waals surface area contributed by atoms with Crippen LogP contribution in [0, 0.1) is 0 Å². The number of nitrogens with zero attached hydrogens (tertiary/aromatic N) is 2. The van der Waals surface area contributed by atoms with Crippen LogP contribution in [0.1, 0.15) is 26.2 Å². The molecule has 0 aliphatic rings. The van der Waals surface area contributed by atoms with Crippen molar-refractivity contribution in [3.8, 4) is 0 Å². The standard InChI is InChI=1S/C11H16N2O2/c1-10(14)6-5-7-11(15)12(2)13-8-3-4-9-13/h3-4,8-9H,5-7H2,1-2H3. The zero-order valence-corrected chi connectivity index (χ0v) is 9.14. The molecule has 0 fully saturated rings. The van der Waals surface area contributed by atoms with Crippen molar-refractivity contribution in [2.24, 2.45) is 0 Å². The lowest BCUT2D eigenvalue weighted by Gasteiger charge is -2.18. The molecule has 4 nitrogen and oxygen atoms in total. The van der Waals surface area contributed by atoms with Crippen molar-refractivity contribution in [2.75, 3.05) is 12.1 Å². The number of carbonyl (C=O) groups excluding carboxylic acids is 2. The molecule has 1 amide bonds. The highest BCUT2D eigenvalue weighted by molar-refractivity contribution is 5.86. The molecule has 0 saturated carbocycles. The summed E-state index contributed by atoms with van der Waals surface area (Å²) in [5.41, 5.74) is 0. The lowest BCUT2D eigenvalue weighted by atomic mass is 10.2. The molecule has 0 saturated heterocycles. The molecule has 0 aromatic carbocycles. The van der Waals surface area contributed by atoms with Gasteiger partial charge in [0.05, 0.1) is 0 Å². The molecular formula is C11H16N2O2. The van der Waals surface area contributed by atoms with Gasteiger partial charge in [0.1, 0.15) is 5.78 Å². The number of amides is 1. The molecule has 0 aliphatic heterocycles. The summed E-state index contributed by atoms with van der Waals surface area (Å²) in [5.74, 6) is 0.152. The van der Waals surface area contributed by atoms with Crippen LogP contribution in [-0.4, -0.2) is 23.4 Å². The Labute approximate surface area is 89.5 Å². The largest absolute Gasteiger partial charge is 0.300 e. The van der Waals surface area contributed by atoms with E-state index < -0.39 is 0 Å². The van der Waals surface area contributed by atoms with Crippen molar-refractivity contribution in [2.45, 2.75) is 26.2 Å². The van der Waals surface area contributed by atoms with E-state index in [1.807, 2.05) is 24.5 Å². The summed E-state index contributed by atoms with van der Waals surface area (Å²) >= 11 is 0. The van der Waals surface area contributed by atoms with Crippen LogP contribution >= 0.6 is 0 Å². The van der Waals surface area contributed by atoms with Crippen LogP contribution in [0.3, 0.4) is 0 Å². The predicted octanol–water partition coefficient (Wildman–Crippen LogP) is 1.34. The lowest BCUT2D eigenvalue weighted by Crippen LogP contribution is -2.35. The van der Waals surface area contributed by atoms with Gasteiger partial charge in [-0.1, -0.05) is 0 Å². The first kappa shape index (κ1) is 11.5. The van der Waals surface area contributed by atoms with Crippen molar-refractivity contribution < 1.29 is 9.59 Å². The maximum Gasteiger partial charge on any atom is 0.241 e. The van der Waals surface area contributed by atoms with Gasteiger partial charge in [0.2, 0.25) is 5.91 Å². The number of rotatable bonds is 5. The Morgan fingerprint density at radius 3 is 2.33 bits per heavy atom. The molecule has 0 spiro atoms. The van der Waals surface area contributed by atoms with Crippen LogP contribution in [0.5, 0.6) is 0 Å². The predicted molar refractivity (Wildman–Crippen MR) is 58.1 cm³/mol. The van der Waals surface area contributed by atoms with E-state index in [9.17, 15) is 9.59 Å². The number of ketones is 1. The van der Waals surface area contributed by atoms with Crippen molar-refractivity contribution in [3.63, 3.8) is 0 Å². The fourth-order valence-corrected chi connectivity index (χ4v) is 1.30. The van der Waals surface area contributed by atoms with E-state index in [1.165, 1.54) is 0 Å². The molecule has 1 heterocycles. The molecule has 0 N–H and O–H groups in total. The van der Waals surface area contributed by atoms with Crippen LogP contribution in [0.25, 0.3) is 0 Å². The first-order chi connectivity index (χ1) is 7.11. The summed E-state index contributed by atoms with van der Waals surface area (Å²) in [4.78, 5) is 22.3. The molecule has 4 heteroatoms. The van der Waals surface area contributed by atoms with Gasteiger partial charge in [-0.05, 0) is 25.5 Å². The van der Waals surface area contributed by atoms with Crippen molar-refractivity contribution in [3.05, 3.63) is 24.5 Å². The van der Waals surface area contributed by atoms with Crippen LogP contribution in [-0.2, 0) is 9.59 Å². The molecule has 82 valence electrons. The molecule has 15 heavy (non-hydrogen) atoms. The number of aromatic nitrogens is 1. The van der Waals surface area contributed by atoms with Gasteiger partial charge in [-0.3, -0.25) is 14.5 Å². The van der Waals surface area contributed by atoms with Crippen molar-refractivity contribution in [1.29, 1.82) is 0 Å². The molecule has 1 rings (SSSR count). The number of carbonyl (C=O) groups is 2. The van der Waals surface area contributed by atoms with Crippen LogP contribution < -0.4 is 5.01 Å². The van der Waals surface area contributed by atoms with E-state index >= 15 is 0 Å². The summed E-state index contributed by atoms with van der Waals surface area (Å²) in [6.07, 6.45) is 5.13. The Morgan fingerprint density at radius 1 is 1.20 bits per heavy atom. The van der Waals surface area contributed by atoms with E-state index in [1.54, 1.807) is 23.7 Å². The minimum absolute atomic E-state index is 0.0208. The van der Waals surface area contributed by atoms with E-state index in [0.717, 1.165) is 0 Å². The Kier molecular flexibility index (Phi) is 4.09. The van der Waals surface area contributed by atoms with E-state index in [-0.39, 0.29) is 11.7 Å². The zero-order chi connectivity index (χ0) is 11.3. The van der Waals surface area contributed by atoms with E-state index in [0.29, 0.717) is 19.3 Å². The van der Waals surface area contributed by atoms with Gasteiger partial charge in [-0.25, -0.2) is 0 Å². The van der Waals surface area contributed by atoms with Crippen molar-refractivity contribution in [1.82, 2.24) is 4.68 Å². The third-order valence-electron chi connectivity index (χ3n) is 2.22. The van der Waals surface area contributed by atoms with Gasteiger partial charge in [0.15, 0.2) is 0 Å². The Bertz CT molecular complexity index is 330. The minimum Gasteiger partial charge on any atom is -0.300 e. The highest BCUT2D eigenvalue weighted by atomic mass is 16.2. The molecule has 1 aromatic rings. The van der Waals surface area contributed by atoms with Gasteiger partial charge in [-0.15, -0.1) is 0 Å². The van der Waals surface area contributed by atoms with Gasteiger partial charge in [-0.2, -0.15) is 0 Å². The number of hydrogen-bond donors (Lipinski definition) is 0. The third-order valence-corrected chi connectivity index (χ3v) is 2.22. The van der Waals surface area contributed by atoms with Gasteiger partial charge in [0, 0.05) is 32.3 Å². The molecule has 0 unspecified atom stereocenters.